The van der Waals surface area contributed by atoms with Gasteiger partial charge in [-0.3, -0.25) is 10.1 Å². The van der Waals surface area contributed by atoms with Gasteiger partial charge in [-0.05, 0) is 79.3 Å². The summed E-state index contributed by atoms with van der Waals surface area (Å²) in [6.45, 7) is 2.00. The standard InChI is InChI=1S/C22H15Cl2N3O2S/c1-12-2-9-18-19(10-12)29-21(26-18)13-3-6-15(7-4-13)25-22(30)27-20(28)16-11-14(23)5-8-17(16)24/h2-11H,1H3,(H2,25,27,28,30). The Hall–Kier alpha value is -2.93. The predicted molar refractivity (Wildman–Crippen MR) is 124 cm³/mol. The number of oxazole rings is 1. The number of carbonyl (C=O) groups is 1. The summed E-state index contributed by atoms with van der Waals surface area (Å²) in [6.07, 6.45) is 0. The molecule has 4 rings (SSSR count). The summed E-state index contributed by atoms with van der Waals surface area (Å²) in [6, 6.07) is 17.9. The maximum absolute atomic E-state index is 12.4. The Kier molecular flexibility index (Phi) is 5.72. The minimum atomic E-state index is -0.446. The first kappa shape index (κ1) is 20.3. The number of nitrogens with one attached hydrogen (secondary N) is 2. The summed E-state index contributed by atoms with van der Waals surface area (Å²) in [5.74, 6) is 0.0898. The quantitative estimate of drug-likeness (QED) is 0.358. The molecular formula is C22H15Cl2N3O2S. The summed E-state index contributed by atoms with van der Waals surface area (Å²) in [5.41, 5.74) is 4.44. The largest absolute Gasteiger partial charge is 0.436 e. The highest BCUT2D eigenvalue weighted by atomic mass is 35.5. The third-order valence-electron chi connectivity index (χ3n) is 4.33. The molecule has 150 valence electrons. The van der Waals surface area contributed by atoms with Crippen LogP contribution in [0.25, 0.3) is 22.6 Å². The molecule has 0 bridgehead atoms. The molecule has 0 aliphatic rings. The molecule has 0 aliphatic heterocycles. The van der Waals surface area contributed by atoms with Crippen LogP contribution < -0.4 is 10.6 Å². The Morgan fingerprint density at radius 2 is 1.80 bits per heavy atom. The zero-order valence-electron chi connectivity index (χ0n) is 15.7. The zero-order chi connectivity index (χ0) is 21.3. The van der Waals surface area contributed by atoms with E-state index in [9.17, 15) is 4.79 Å². The molecule has 0 atom stereocenters. The summed E-state index contributed by atoms with van der Waals surface area (Å²) in [5, 5.41) is 6.39. The van der Waals surface area contributed by atoms with Crippen molar-refractivity contribution in [1.29, 1.82) is 0 Å². The minimum absolute atomic E-state index is 0.140. The van der Waals surface area contributed by atoms with Gasteiger partial charge >= 0.3 is 0 Å². The SMILES string of the molecule is Cc1ccc2nc(-c3ccc(NC(=S)NC(=O)c4cc(Cl)ccc4Cl)cc3)oc2c1. The van der Waals surface area contributed by atoms with Crippen molar-refractivity contribution >= 4 is 63.2 Å². The predicted octanol–water partition coefficient (Wildman–Crippen LogP) is 6.24. The number of nitrogens with zero attached hydrogens (tertiary/aromatic N) is 1. The molecular weight excluding hydrogens is 441 g/mol. The van der Waals surface area contributed by atoms with Gasteiger partial charge in [0.1, 0.15) is 5.52 Å². The fraction of sp³-hybridized carbons (Fsp3) is 0.0455. The second kappa shape index (κ2) is 8.44. The van der Waals surface area contributed by atoms with Gasteiger partial charge in [-0.1, -0.05) is 29.3 Å². The summed E-state index contributed by atoms with van der Waals surface area (Å²) < 4.78 is 5.84. The normalized spacial score (nSPS) is 10.8. The Morgan fingerprint density at radius 1 is 1.03 bits per heavy atom. The van der Waals surface area contributed by atoms with E-state index in [0.717, 1.165) is 22.2 Å². The number of rotatable bonds is 3. The number of carbonyl (C=O) groups excluding carboxylic acids is 1. The van der Waals surface area contributed by atoms with E-state index in [0.29, 0.717) is 16.6 Å². The molecule has 1 heterocycles. The van der Waals surface area contributed by atoms with Crippen molar-refractivity contribution in [3.63, 3.8) is 0 Å². The van der Waals surface area contributed by atoms with Crippen LogP contribution >= 0.6 is 35.4 Å². The first-order valence-electron chi connectivity index (χ1n) is 8.94. The van der Waals surface area contributed by atoms with Crippen molar-refractivity contribution in [2.45, 2.75) is 6.92 Å². The molecule has 0 saturated heterocycles. The number of hydrogen-bond donors (Lipinski definition) is 2. The lowest BCUT2D eigenvalue weighted by Crippen LogP contribution is -2.34. The average molecular weight is 456 g/mol. The second-order valence-corrected chi connectivity index (χ2v) is 7.85. The van der Waals surface area contributed by atoms with Gasteiger partial charge in [-0.2, -0.15) is 0 Å². The van der Waals surface area contributed by atoms with E-state index in [4.69, 9.17) is 39.8 Å². The molecule has 0 saturated carbocycles. The number of aryl methyl sites for hydroxylation is 1. The average Bonchev–Trinajstić information content (AvgIpc) is 3.13. The molecule has 1 aromatic heterocycles. The van der Waals surface area contributed by atoms with Crippen molar-refractivity contribution < 1.29 is 9.21 Å². The lowest BCUT2D eigenvalue weighted by Gasteiger charge is -2.11. The van der Waals surface area contributed by atoms with Crippen LogP contribution in [0.1, 0.15) is 15.9 Å². The van der Waals surface area contributed by atoms with Gasteiger partial charge in [0.2, 0.25) is 5.89 Å². The highest BCUT2D eigenvalue weighted by molar-refractivity contribution is 7.80. The molecule has 0 unspecified atom stereocenters. The van der Waals surface area contributed by atoms with Crippen LogP contribution in [0.2, 0.25) is 10.0 Å². The first-order chi connectivity index (χ1) is 14.4. The number of hydrogen-bond acceptors (Lipinski definition) is 4. The van der Waals surface area contributed by atoms with E-state index in [1.165, 1.54) is 6.07 Å². The number of fused-ring (bicyclic) bond motifs is 1. The molecule has 5 nitrogen and oxygen atoms in total. The van der Waals surface area contributed by atoms with Crippen molar-refractivity contribution in [2.75, 3.05) is 5.32 Å². The molecule has 4 aromatic rings. The highest BCUT2D eigenvalue weighted by Gasteiger charge is 2.13. The third-order valence-corrected chi connectivity index (χ3v) is 5.10. The van der Waals surface area contributed by atoms with E-state index < -0.39 is 5.91 Å². The molecule has 30 heavy (non-hydrogen) atoms. The maximum Gasteiger partial charge on any atom is 0.258 e. The van der Waals surface area contributed by atoms with Crippen LogP contribution in [0.5, 0.6) is 0 Å². The number of anilines is 1. The molecule has 0 aliphatic carbocycles. The molecule has 0 fully saturated rings. The van der Waals surface area contributed by atoms with Gasteiger partial charge < -0.3 is 9.73 Å². The van der Waals surface area contributed by atoms with Crippen molar-refractivity contribution in [3.05, 3.63) is 81.8 Å². The summed E-state index contributed by atoms with van der Waals surface area (Å²) in [4.78, 5) is 16.9. The van der Waals surface area contributed by atoms with Crippen molar-refractivity contribution in [2.24, 2.45) is 0 Å². The lowest BCUT2D eigenvalue weighted by molar-refractivity contribution is 0.0978. The fourth-order valence-corrected chi connectivity index (χ4v) is 3.44. The van der Waals surface area contributed by atoms with Gasteiger partial charge in [0, 0.05) is 16.3 Å². The molecule has 0 radical (unpaired) electrons. The van der Waals surface area contributed by atoms with Gasteiger partial charge in [-0.15, -0.1) is 0 Å². The van der Waals surface area contributed by atoms with E-state index in [-0.39, 0.29) is 15.7 Å². The van der Waals surface area contributed by atoms with Gasteiger partial charge in [0.25, 0.3) is 5.91 Å². The number of aromatic nitrogens is 1. The Labute approximate surface area is 188 Å². The van der Waals surface area contributed by atoms with Gasteiger partial charge in [0.15, 0.2) is 10.7 Å². The molecule has 1 amide bonds. The number of thiocarbonyl (C=S) groups is 1. The zero-order valence-corrected chi connectivity index (χ0v) is 18.0. The second-order valence-electron chi connectivity index (χ2n) is 6.60. The summed E-state index contributed by atoms with van der Waals surface area (Å²) in [7, 11) is 0. The van der Waals surface area contributed by atoms with Crippen LogP contribution in [0.3, 0.4) is 0 Å². The number of halogens is 2. The number of amides is 1. The first-order valence-corrected chi connectivity index (χ1v) is 10.1. The van der Waals surface area contributed by atoms with Crippen LogP contribution in [0, 0.1) is 6.92 Å². The van der Waals surface area contributed by atoms with E-state index in [1.807, 2.05) is 49.4 Å². The van der Waals surface area contributed by atoms with E-state index in [2.05, 4.69) is 15.6 Å². The maximum atomic E-state index is 12.4. The molecule has 0 spiro atoms. The number of benzene rings is 3. The van der Waals surface area contributed by atoms with Crippen LogP contribution in [-0.2, 0) is 0 Å². The molecule has 3 aromatic carbocycles. The Morgan fingerprint density at radius 3 is 2.57 bits per heavy atom. The summed E-state index contributed by atoms with van der Waals surface area (Å²) >= 11 is 17.2. The smallest absolute Gasteiger partial charge is 0.258 e. The van der Waals surface area contributed by atoms with Gasteiger partial charge in [-0.25, -0.2) is 4.98 Å². The van der Waals surface area contributed by atoms with Crippen molar-refractivity contribution in [1.82, 2.24) is 10.3 Å². The van der Waals surface area contributed by atoms with E-state index in [1.54, 1.807) is 12.1 Å². The highest BCUT2D eigenvalue weighted by Crippen LogP contribution is 2.26. The molecule has 8 heteroatoms. The van der Waals surface area contributed by atoms with E-state index >= 15 is 0 Å². The molecule has 2 N–H and O–H groups in total. The van der Waals surface area contributed by atoms with Crippen LogP contribution in [-0.4, -0.2) is 16.0 Å². The fourth-order valence-electron chi connectivity index (χ4n) is 2.86. The van der Waals surface area contributed by atoms with Crippen molar-refractivity contribution in [3.8, 4) is 11.5 Å². The van der Waals surface area contributed by atoms with Crippen LogP contribution in [0.4, 0.5) is 5.69 Å². The third kappa shape index (κ3) is 4.46. The monoisotopic (exact) mass is 455 g/mol. The van der Waals surface area contributed by atoms with Crippen LogP contribution in [0.15, 0.2) is 65.1 Å². The minimum Gasteiger partial charge on any atom is -0.436 e. The van der Waals surface area contributed by atoms with Gasteiger partial charge in [0.05, 0.1) is 10.6 Å². The topological polar surface area (TPSA) is 67.2 Å². The Balaban J connectivity index is 1.44. The Bertz CT molecular complexity index is 1270. The lowest BCUT2D eigenvalue weighted by atomic mass is 10.2.